The minimum atomic E-state index is -4.45. The number of nitrogens with one attached hydrogen (secondary N) is 1. The van der Waals surface area contributed by atoms with Crippen molar-refractivity contribution < 1.29 is 22.7 Å². The Balaban J connectivity index is 1.55. The first-order valence-corrected chi connectivity index (χ1v) is 9.09. The lowest BCUT2D eigenvalue weighted by atomic mass is 10.1. The molecule has 0 bridgehead atoms. The maximum Gasteiger partial charge on any atom is 0.411 e. The second kappa shape index (κ2) is 7.67. The number of hydrogen-bond donors (Lipinski definition) is 1. The van der Waals surface area contributed by atoms with E-state index in [1.807, 2.05) is 12.1 Å². The van der Waals surface area contributed by atoms with Crippen LogP contribution in [0, 0.1) is 0 Å². The summed E-state index contributed by atoms with van der Waals surface area (Å²) in [7, 11) is 0. The molecular weight excluding hydrogens is 365 g/mol. The van der Waals surface area contributed by atoms with E-state index in [0.29, 0.717) is 5.69 Å². The Morgan fingerprint density at radius 3 is 2.73 bits per heavy atom. The number of nitrogens with zero attached hydrogens (tertiary/aromatic N) is 1. The van der Waals surface area contributed by atoms with Crippen molar-refractivity contribution in [1.29, 1.82) is 0 Å². The predicted octanol–water partition coefficient (Wildman–Crippen LogP) is 4.22. The topological polar surface area (TPSA) is 41.6 Å². The molecule has 1 aliphatic rings. The Morgan fingerprint density at radius 1 is 1.31 bits per heavy atom. The number of hydrogen-bond acceptors (Lipinski definition) is 4. The van der Waals surface area contributed by atoms with Crippen LogP contribution in [0.25, 0.3) is 0 Å². The van der Waals surface area contributed by atoms with Crippen LogP contribution < -0.4 is 10.2 Å². The van der Waals surface area contributed by atoms with Gasteiger partial charge < -0.3 is 15.0 Å². The number of fused-ring (bicyclic) bond motifs is 1. The summed E-state index contributed by atoms with van der Waals surface area (Å²) < 4.78 is 41.0. The van der Waals surface area contributed by atoms with E-state index < -0.39 is 24.8 Å². The van der Waals surface area contributed by atoms with Crippen molar-refractivity contribution in [1.82, 2.24) is 0 Å². The summed E-state index contributed by atoms with van der Waals surface area (Å²) in [6, 6.07) is 9.42. The molecule has 4 nitrogen and oxygen atoms in total. The van der Waals surface area contributed by atoms with Gasteiger partial charge in [0.1, 0.15) is 12.7 Å². The number of carbonyl (C=O) groups excluding carboxylic acids is 1. The van der Waals surface area contributed by atoms with Gasteiger partial charge in [-0.3, -0.25) is 4.79 Å². The highest BCUT2D eigenvalue weighted by atomic mass is 32.1. The molecule has 1 amide bonds. The Morgan fingerprint density at radius 2 is 2.04 bits per heavy atom. The third-order valence-electron chi connectivity index (χ3n) is 4.17. The van der Waals surface area contributed by atoms with E-state index in [9.17, 15) is 18.0 Å². The van der Waals surface area contributed by atoms with E-state index >= 15 is 0 Å². The van der Waals surface area contributed by atoms with Crippen LogP contribution in [0.5, 0.6) is 0 Å². The van der Waals surface area contributed by atoms with Crippen molar-refractivity contribution in [2.24, 2.45) is 0 Å². The van der Waals surface area contributed by atoms with Crippen LogP contribution in [0.15, 0.2) is 35.7 Å². The van der Waals surface area contributed by atoms with Crippen LogP contribution in [0.4, 0.5) is 24.5 Å². The molecule has 0 spiro atoms. The number of alkyl halides is 3. The van der Waals surface area contributed by atoms with Gasteiger partial charge in [0, 0.05) is 29.3 Å². The SMILES string of the molecule is C[C@@H](OCC(F)(F)F)C(=O)Nc1ccc(N2CCc3sccc3C2)cc1. The van der Waals surface area contributed by atoms with Crippen molar-refractivity contribution >= 4 is 28.6 Å². The highest BCUT2D eigenvalue weighted by Gasteiger charge is 2.30. The van der Waals surface area contributed by atoms with E-state index in [0.717, 1.165) is 25.2 Å². The molecule has 0 aliphatic carbocycles. The first-order valence-electron chi connectivity index (χ1n) is 8.21. The van der Waals surface area contributed by atoms with Gasteiger partial charge in [-0.25, -0.2) is 0 Å². The zero-order valence-corrected chi connectivity index (χ0v) is 15.0. The Kier molecular flexibility index (Phi) is 5.52. The lowest BCUT2D eigenvalue weighted by Gasteiger charge is -2.29. The fourth-order valence-corrected chi connectivity index (χ4v) is 3.65. The summed E-state index contributed by atoms with van der Waals surface area (Å²) >= 11 is 1.78. The van der Waals surface area contributed by atoms with Crippen molar-refractivity contribution in [3.8, 4) is 0 Å². The molecule has 0 unspecified atom stereocenters. The fraction of sp³-hybridized carbons (Fsp3) is 0.389. The number of rotatable bonds is 5. The first kappa shape index (κ1) is 18.7. The van der Waals surface area contributed by atoms with E-state index in [-0.39, 0.29) is 0 Å². The minimum absolute atomic E-state index is 0.523. The maximum absolute atomic E-state index is 12.1. The molecule has 1 aromatic heterocycles. The number of amides is 1. The molecule has 8 heteroatoms. The Hall–Kier alpha value is -2.06. The Bertz CT molecular complexity index is 759. The molecule has 0 saturated heterocycles. The van der Waals surface area contributed by atoms with E-state index in [1.54, 1.807) is 23.5 Å². The second-order valence-corrected chi connectivity index (χ2v) is 7.15. The highest BCUT2D eigenvalue weighted by molar-refractivity contribution is 7.10. The number of ether oxygens (including phenoxy) is 1. The van der Waals surface area contributed by atoms with Gasteiger partial charge in [-0.05, 0) is 54.6 Å². The maximum atomic E-state index is 12.1. The lowest BCUT2D eigenvalue weighted by molar-refractivity contribution is -0.184. The summed E-state index contributed by atoms with van der Waals surface area (Å²) in [6.07, 6.45) is -4.62. The van der Waals surface area contributed by atoms with Crippen molar-refractivity contribution in [3.05, 3.63) is 46.2 Å². The van der Waals surface area contributed by atoms with Gasteiger partial charge in [0.05, 0.1) is 0 Å². The van der Waals surface area contributed by atoms with Crippen LogP contribution in [-0.4, -0.2) is 31.3 Å². The van der Waals surface area contributed by atoms with E-state index in [4.69, 9.17) is 0 Å². The molecule has 0 saturated carbocycles. The molecule has 0 fully saturated rings. The number of halogens is 3. The van der Waals surface area contributed by atoms with Gasteiger partial charge in [-0.2, -0.15) is 13.2 Å². The molecule has 2 heterocycles. The van der Waals surface area contributed by atoms with Crippen LogP contribution >= 0.6 is 11.3 Å². The first-order chi connectivity index (χ1) is 12.3. The van der Waals surface area contributed by atoms with Crippen LogP contribution in [0.3, 0.4) is 0 Å². The molecule has 0 radical (unpaired) electrons. The van der Waals surface area contributed by atoms with E-state index in [1.165, 1.54) is 17.4 Å². The summed E-state index contributed by atoms with van der Waals surface area (Å²) in [4.78, 5) is 15.6. The standard InChI is InChI=1S/C18H19F3N2O2S/c1-12(25-11-18(19,20)21)17(24)22-14-2-4-15(5-3-14)23-8-6-16-13(10-23)7-9-26-16/h2-5,7,9,12H,6,8,10-11H2,1H3,(H,22,24)/t12-/m1/s1. The second-order valence-electron chi connectivity index (χ2n) is 6.15. The molecule has 3 rings (SSSR count). The number of benzene rings is 1. The van der Waals surface area contributed by atoms with Gasteiger partial charge in [-0.15, -0.1) is 11.3 Å². The van der Waals surface area contributed by atoms with Crippen molar-refractivity contribution in [3.63, 3.8) is 0 Å². The number of anilines is 2. The molecule has 2 aromatic rings. The summed E-state index contributed by atoms with van der Waals surface area (Å²) in [5, 5.41) is 4.68. The zero-order chi connectivity index (χ0) is 18.7. The zero-order valence-electron chi connectivity index (χ0n) is 14.2. The summed E-state index contributed by atoms with van der Waals surface area (Å²) in [6.45, 7) is 1.63. The van der Waals surface area contributed by atoms with Gasteiger partial charge >= 0.3 is 6.18 Å². The average Bonchev–Trinajstić information content (AvgIpc) is 3.07. The predicted molar refractivity (Wildman–Crippen MR) is 95.6 cm³/mol. The monoisotopic (exact) mass is 384 g/mol. The van der Waals surface area contributed by atoms with Crippen LogP contribution in [0.1, 0.15) is 17.4 Å². The van der Waals surface area contributed by atoms with Crippen LogP contribution in [0.2, 0.25) is 0 Å². The smallest absolute Gasteiger partial charge is 0.367 e. The molecule has 26 heavy (non-hydrogen) atoms. The quantitative estimate of drug-likeness (QED) is 0.839. The Labute approximate surface area is 153 Å². The molecule has 140 valence electrons. The fourth-order valence-electron chi connectivity index (χ4n) is 2.76. The molecular formula is C18H19F3N2O2S. The van der Waals surface area contributed by atoms with E-state index in [2.05, 4.69) is 26.4 Å². The average molecular weight is 384 g/mol. The van der Waals surface area contributed by atoms with Gasteiger partial charge in [0.2, 0.25) is 0 Å². The largest absolute Gasteiger partial charge is 0.411 e. The van der Waals surface area contributed by atoms with Gasteiger partial charge in [0.25, 0.3) is 5.91 Å². The molecule has 1 aliphatic heterocycles. The third-order valence-corrected chi connectivity index (χ3v) is 5.20. The van der Waals surface area contributed by atoms with Gasteiger partial charge in [-0.1, -0.05) is 0 Å². The van der Waals surface area contributed by atoms with Crippen molar-refractivity contribution in [2.75, 3.05) is 23.4 Å². The molecule has 1 aromatic carbocycles. The summed E-state index contributed by atoms with van der Waals surface area (Å²) in [5.74, 6) is -0.608. The highest BCUT2D eigenvalue weighted by Crippen LogP contribution is 2.28. The number of thiophene rings is 1. The summed E-state index contributed by atoms with van der Waals surface area (Å²) in [5.41, 5.74) is 2.91. The third kappa shape index (κ3) is 4.76. The molecule has 1 N–H and O–H groups in total. The van der Waals surface area contributed by atoms with Gasteiger partial charge in [0.15, 0.2) is 0 Å². The lowest BCUT2D eigenvalue weighted by Crippen LogP contribution is -2.31. The minimum Gasteiger partial charge on any atom is -0.367 e. The normalized spacial score (nSPS) is 15.5. The molecule has 1 atom stereocenters. The number of carbonyl (C=O) groups is 1. The van der Waals surface area contributed by atoms with Crippen LogP contribution in [-0.2, 0) is 22.5 Å². The van der Waals surface area contributed by atoms with Crippen molar-refractivity contribution in [2.45, 2.75) is 32.2 Å².